The van der Waals surface area contributed by atoms with Gasteiger partial charge in [-0.3, -0.25) is 0 Å². The topological polar surface area (TPSA) is 29.0 Å². The van der Waals surface area contributed by atoms with Gasteiger partial charge in [0.1, 0.15) is 6.33 Å². The molecule has 0 saturated carbocycles. The smallest absolute Gasteiger partial charge is 0.254 e. The summed E-state index contributed by atoms with van der Waals surface area (Å²) in [5, 5.41) is 0. The molecule has 1 aromatic heterocycles. The highest BCUT2D eigenvalue weighted by atomic mass is 19.2. The van der Waals surface area contributed by atoms with Crippen molar-refractivity contribution < 1.29 is 8.78 Å². The zero-order chi connectivity index (χ0) is 11.7. The highest BCUT2D eigenvalue weighted by Crippen LogP contribution is 2.26. The number of hydrogen-bond acceptors (Lipinski definition) is 3. The Morgan fingerprint density at radius 1 is 1.19 bits per heavy atom. The summed E-state index contributed by atoms with van der Waals surface area (Å²) in [5.74, 6) is -0.979. The quantitative estimate of drug-likeness (QED) is 0.689. The van der Waals surface area contributed by atoms with E-state index in [1.807, 2.05) is 0 Å². The van der Waals surface area contributed by atoms with Gasteiger partial charge in [0.15, 0.2) is 5.82 Å². The lowest BCUT2D eigenvalue weighted by atomic mass is 9.92. The Hall–Kier alpha value is -1.26. The molecule has 5 heteroatoms. The first-order valence-corrected chi connectivity index (χ1v) is 5.49. The van der Waals surface area contributed by atoms with E-state index in [9.17, 15) is 8.78 Å². The molecule has 2 heterocycles. The first-order valence-electron chi connectivity index (χ1n) is 5.49. The van der Waals surface area contributed by atoms with Crippen LogP contribution in [0, 0.1) is 23.6 Å². The van der Waals surface area contributed by atoms with Gasteiger partial charge in [0.05, 0.1) is 0 Å². The molecule has 1 fully saturated rings. The Bertz CT molecular complexity index is 373. The highest BCUT2D eigenvalue weighted by molar-refractivity contribution is 5.39. The van der Waals surface area contributed by atoms with Crippen LogP contribution in [0.25, 0.3) is 0 Å². The van der Waals surface area contributed by atoms with Gasteiger partial charge in [0.2, 0.25) is 5.82 Å². The van der Waals surface area contributed by atoms with E-state index in [4.69, 9.17) is 0 Å². The maximum Gasteiger partial charge on any atom is 0.254 e. The summed E-state index contributed by atoms with van der Waals surface area (Å²) in [6.45, 7) is 5.66. The Kier molecular flexibility index (Phi) is 3.03. The van der Waals surface area contributed by atoms with Gasteiger partial charge in [-0.05, 0) is 18.3 Å². The molecule has 2 atom stereocenters. The van der Waals surface area contributed by atoms with Crippen LogP contribution in [0.2, 0.25) is 0 Å². The summed E-state index contributed by atoms with van der Waals surface area (Å²) in [4.78, 5) is 8.83. The van der Waals surface area contributed by atoms with Crippen molar-refractivity contribution >= 4 is 5.82 Å². The lowest BCUT2D eigenvalue weighted by molar-refractivity contribution is 0.350. The van der Waals surface area contributed by atoms with Crippen LogP contribution in [0.3, 0.4) is 0 Å². The van der Waals surface area contributed by atoms with Crippen molar-refractivity contribution in [3.8, 4) is 0 Å². The third-order valence-electron chi connectivity index (χ3n) is 2.90. The number of halogens is 2. The maximum absolute atomic E-state index is 13.5. The fourth-order valence-corrected chi connectivity index (χ4v) is 2.40. The number of aromatic nitrogens is 2. The molecule has 1 aromatic rings. The lowest BCUT2D eigenvalue weighted by Gasteiger charge is -2.35. The number of nitrogens with zero attached hydrogens (tertiary/aromatic N) is 3. The molecule has 0 amide bonds. The third kappa shape index (κ3) is 2.13. The molecule has 0 bridgehead atoms. The normalized spacial score (nSPS) is 25.9. The minimum Gasteiger partial charge on any atom is -0.353 e. The van der Waals surface area contributed by atoms with Crippen molar-refractivity contribution in [3.63, 3.8) is 0 Å². The predicted molar refractivity (Wildman–Crippen MR) is 57.1 cm³/mol. The summed E-state index contributed by atoms with van der Waals surface area (Å²) in [5.41, 5.74) is 0. The molecule has 0 aliphatic carbocycles. The summed E-state index contributed by atoms with van der Waals surface area (Å²) < 4.78 is 26.5. The minimum atomic E-state index is -1.07. The van der Waals surface area contributed by atoms with Gasteiger partial charge in [0, 0.05) is 13.1 Å². The van der Waals surface area contributed by atoms with Crippen molar-refractivity contribution in [3.05, 3.63) is 18.1 Å². The van der Waals surface area contributed by atoms with Crippen LogP contribution in [0.5, 0.6) is 0 Å². The van der Waals surface area contributed by atoms with Crippen LogP contribution in [-0.4, -0.2) is 23.1 Å². The average Bonchev–Trinajstić information content (AvgIpc) is 2.20. The molecule has 3 nitrogen and oxygen atoms in total. The molecular formula is C11H15F2N3. The second kappa shape index (κ2) is 4.31. The molecule has 88 valence electrons. The molecule has 2 unspecified atom stereocenters. The summed E-state index contributed by atoms with van der Waals surface area (Å²) in [7, 11) is 0. The first kappa shape index (κ1) is 11.2. The monoisotopic (exact) mass is 227 g/mol. The Morgan fingerprint density at radius 3 is 2.44 bits per heavy atom. The number of hydrogen-bond donors (Lipinski definition) is 0. The van der Waals surface area contributed by atoms with Gasteiger partial charge in [-0.1, -0.05) is 13.8 Å². The van der Waals surface area contributed by atoms with E-state index in [2.05, 4.69) is 23.8 Å². The standard InChI is InChI=1S/C11H15F2N3/c1-7-3-8(2)5-16(4-7)11-9(12)10(13)14-6-15-11/h6-8H,3-5H2,1-2H3. The van der Waals surface area contributed by atoms with Crippen molar-refractivity contribution in [1.29, 1.82) is 0 Å². The maximum atomic E-state index is 13.5. The van der Waals surface area contributed by atoms with Crippen molar-refractivity contribution in [2.75, 3.05) is 18.0 Å². The summed E-state index contributed by atoms with van der Waals surface area (Å²) >= 11 is 0. The molecule has 0 spiro atoms. The van der Waals surface area contributed by atoms with E-state index in [-0.39, 0.29) is 5.82 Å². The number of rotatable bonds is 1. The molecular weight excluding hydrogens is 212 g/mol. The second-order valence-corrected chi connectivity index (χ2v) is 4.65. The molecule has 0 aromatic carbocycles. The van der Waals surface area contributed by atoms with Crippen molar-refractivity contribution in [1.82, 2.24) is 9.97 Å². The summed E-state index contributed by atoms with van der Waals surface area (Å²) in [6.07, 6.45) is 2.18. The number of piperidine rings is 1. The van der Waals surface area contributed by atoms with E-state index in [0.29, 0.717) is 11.8 Å². The SMILES string of the molecule is CC1CC(C)CN(c2ncnc(F)c2F)C1. The lowest BCUT2D eigenvalue weighted by Crippen LogP contribution is -2.39. The predicted octanol–water partition coefficient (Wildman–Crippen LogP) is 2.24. The van der Waals surface area contributed by atoms with E-state index in [1.54, 1.807) is 4.90 Å². The van der Waals surface area contributed by atoms with Gasteiger partial charge in [0.25, 0.3) is 5.95 Å². The summed E-state index contributed by atoms with van der Waals surface area (Å²) in [6, 6.07) is 0. The zero-order valence-corrected chi connectivity index (χ0v) is 9.45. The molecule has 1 aliphatic rings. The Morgan fingerprint density at radius 2 is 1.81 bits per heavy atom. The van der Waals surface area contributed by atoms with Gasteiger partial charge >= 0.3 is 0 Å². The molecule has 2 rings (SSSR count). The van der Waals surface area contributed by atoms with Crippen LogP contribution in [-0.2, 0) is 0 Å². The van der Waals surface area contributed by atoms with E-state index < -0.39 is 11.8 Å². The molecule has 0 radical (unpaired) electrons. The van der Waals surface area contributed by atoms with Crippen LogP contribution < -0.4 is 4.90 Å². The van der Waals surface area contributed by atoms with Crippen LogP contribution in [0.1, 0.15) is 20.3 Å². The van der Waals surface area contributed by atoms with Gasteiger partial charge in [-0.2, -0.15) is 8.78 Å². The van der Waals surface area contributed by atoms with Crippen molar-refractivity contribution in [2.45, 2.75) is 20.3 Å². The van der Waals surface area contributed by atoms with Crippen LogP contribution >= 0.6 is 0 Å². The zero-order valence-electron chi connectivity index (χ0n) is 9.45. The molecule has 1 saturated heterocycles. The Labute approximate surface area is 93.5 Å². The molecule has 1 aliphatic heterocycles. The largest absolute Gasteiger partial charge is 0.353 e. The van der Waals surface area contributed by atoms with E-state index >= 15 is 0 Å². The fraction of sp³-hybridized carbons (Fsp3) is 0.636. The third-order valence-corrected chi connectivity index (χ3v) is 2.90. The average molecular weight is 227 g/mol. The minimum absolute atomic E-state index is 0.0888. The highest BCUT2D eigenvalue weighted by Gasteiger charge is 2.25. The van der Waals surface area contributed by atoms with Crippen LogP contribution in [0.4, 0.5) is 14.6 Å². The van der Waals surface area contributed by atoms with Crippen LogP contribution in [0.15, 0.2) is 6.33 Å². The number of anilines is 1. The van der Waals surface area contributed by atoms with Crippen molar-refractivity contribution in [2.24, 2.45) is 11.8 Å². The Balaban J connectivity index is 2.26. The molecule has 16 heavy (non-hydrogen) atoms. The van der Waals surface area contributed by atoms with Gasteiger partial charge in [-0.25, -0.2) is 9.97 Å². The van der Waals surface area contributed by atoms with Gasteiger partial charge in [-0.15, -0.1) is 0 Å². The van der Waals surface area contributed by atoms with Gasteiger partial charge < -0.3 is 4.90 Å². The fourth-order valence-electron chi connectivity index (χ4n) is 2.40. The first-order chi connectivity index (χ1) is 7.58. The second-order valence-electron chi connectivity index (χ2n) is 4.65. The molecule has 0 N–H and O–H groups in total. The van der Waals surface area contributed by atoms with E-state index in [1.165, 1.54) is 0 Å². The van der Waals surface area contributed by atoms with E-state index in [0.717, 1.165) is 25.8 Å².